The summed E-state index contributed by atoms with van der Waals surface area (Å²) in [4.78, 5) is 41.2. The minimum absolute atomic E-state index is 0.0194. The summed E-state index contributed by atoms with van der Waals surface area (Å²) in [5, 5.41) is 2.44. The van der Waals surface area contributed by atoms with Gasteiger partial charge in [-0.3, -0.25) is 0 Å². The Balaban J connectivity index is 2.99. The van der Waals surface area contributed by atoms with Crippen LogP contribution in [0.15, 0.2) is 18.3 Å². The topological polar surface area (TPSA) is 98.3 Å². The van der Waals surface area contributed by atoms with Crippen LogP contribution in [-0.2, 0) is 25.5 Å². The molecule has 2 amide bonds. The van der Waals surface area contributed by atoms with Gasteiger partial charge in [0.1, 0.15) is 16.4 Å². The number of esters is 1. The highest BCUT2D eigenvalue weighted by atomic mass is 35.5. The van der Waals surface area contributed by atoms with Crippen molar-refractivity contribution in [3.8, 4) is 0 Å². The molecule has 0 N–H and O–H groups in total. The molecule has 0 saturated carbocycles. The van der Waals surface area contributed by atoms with Crippen molar-refractivity contribution in [3.05, 3.63) is 29.0 Å². The van der Waals surface area contributed by atoms with Crippen molar-refractivity contribution in [2.75, 3.05) is 13.2 Å². The number of halogens is 1. The molecule has 0 spiro atoms. The van der Waals surface area contributed by atoms with Gasteiger partial charge in [-0.15, -0.1) is 0 Å². The molecular weight excluding hydrogens is 414 g/mol. The van der Waals surface area contributed by atoms with Crippen LogP contribution in [0.1, 0.15) is 54.0 Å². The first-order valence-corrected chi connectivity index (χ1v) is 9.86. The lowest BCUT2D eigenvalue weighted by Gasteiger charge is -2.34. The molecule has 0 aliphatic heterocycles. The Kier molecular flexibility index (Phi) is 8.90. The molecule has 0 unspecified atom stereocenters. The highest BCUT2D eigenvalue weighted by Crippen LogP contribution is 2.17. The molecule has 1 rings (SSSR count). The molecule has 0 fully saturated rings. The van der Waals surface area contributed by atoms with E-state index < -0.39 is 36.0 Å². The summed E-state index contributed by atoms with van der Waals surface area (Å²) in [5.74, 6) is -0.697. The van der Waals surface area contributed by atoms with Crippen molar-refractivity contribution < 1.29 is 28.6 Å². The van der Waals surface area contributed by atoms with E-state index in [-0.39, 0.29) is 13.1 Å². The van der Waals surface area contributed by atoms with Gasteiger partial charge in [-0.25, -0.2) is 29.4 Å². The fourth-order valence-electron chi connectivity index (χ4n) is 2.20. The highest BCUT2D eigenvalue weighted by molar-refractivity contribution is 6.29. The number of rotatable bonds is 5. The monoisotopic (exact) mass is 443 g/mol. The van der Waals surface area contributed by atoms with E-state index in [1.54, 1.807) is 60.6 Å². The Labute approximate surface area is 182 Å². The molecule has 1 heterocycles. The minimum Gasteiger partial charge on any atom is -0.457 e. The zero-order valence-electron chi connectivity index (χ0n) is 18.5. The number of hydrogen-bond acceptors (Lipinski definition) is 7. The molecule has 9 nitrogen and oxygen atoms in total. The van der Waals surface area contributed by atoms with Crippen LogP contribution in [0.5, 0.6) is 0 Å². The number of carbonyl (C=O) groups excluding carboxylic acids is 3. The second-order valence-corrected chi connectivity index (χ2v) is 8.77. The van der Waals surface area contributed by atoms with Crippen molar-refractivity contribution in [2.45, 2.75) is 66.2 Å². The number of amides is 2. The van der Waals surface area contributed by atoms with Gasteiger partial charge in [0.25, 0.3) is 0 Å². The molecule has 0 radical (unpaired) electrons. The summed E-state index contributed by atoms with van der Waals surface area (Å²) in [6.45, 7) is 11.4. The summed E-state index contributed by atoms with van der Waals surface area (Å²) in [7, 11) is 0. The van der Waals surface area contributed by atoms with E-state index in [9.17, 15) is 14.4 Å². The number of hydrogen-bond donors (Lipinski definition) is 0. The van der Waals surface area contributed by atoms with Gasteiger partial charge in [0.05, 0.1) is 6.54 Å². The Morgan fingerprint density at radius 3 is 2.03 bits per heavy atom. The lowest BCUT2D eigenvalue weighted by atomic mass is 10.2. The maximum atomic E-state index is 12.8. The number of aromatic nitrogens is 1. The van der Waals surface area contributed by atoms with Crippen molar-refractivity contribution in [2.24, 2.45) is 0 Å². The fourth-order valence-corrected chi connectivity index (χ4v) is 2.31. The molecule has 168 valence electrons. The quantitative estimate of drug-likeness (QED) is 0.291. The average molecular weight is 444 g/mol. The van der Waals surface area contributed by atoms with Gasteiger partial charge in [-0.05, 0) is 60.1 Å². The van der Waals surface area contributed by atoms with Crippen molar-refractivity contribution in [3.63, 3.8) is 0 Å². The van der Waals surface area contributed by atoms with E-state index in [0.717, 1.165) is 10.0 Å². The third-order valence-corrected chi connectivity index (χ3v) is 3.48. The van der Waals surface area contributed by atoms with Crippen molar-refractivity contribution in [1.29, 1.82) is 0 Å². The highest BCUT2D eigenvalue weighted by Gasteiger charge is 2.31. The second-order valence-electron chi connectivity index (χ2n) is 8.38. The molecule has 0 aliphatic carbocycles. The van der Waals surface area contributed by atoms with Crippen LogP contribution in [-0.4, -0.2) is 57.5 Å². The van der Waals surface area contributed by atoms with E-state index in [1.807, 2.05) is 0 Å². The zero-order valence-corrected chi connectivity index (χ0v) is 19.3. The molecule has 1 aromatic heterocycles. The van der Waals surface area contributed by atoms with E-state index in [4.69, 9.17) is 25.8 Å². The van der Waals surface area contributed by atoms with Crippen LogP contribution < -0.4 is 0 Å². The minimum atomic E-state index is -0.892. The lowest BCUT2D eigenvalue weighted by Crippen LogP contribution is -2.51. The number of hydrazine groups is 1. The van der Waals surface area contributed by atoms with Crippen LogP contribution in [0.25, 0.3) is 0 Å². The molecule has 0 saturated heterocycles. The van der Waals surface area contributed by atoms with E-state index in [2.05, 4.69) is 4.98 Å². The molecule has 0 aromatic carbocycles. The third kappa shape index (κ3) is 9.30. The van der Waals surface area contributed by atoms with Crippen molar-refractivity contribution >= 4 is 29.8 Å². The molecule has 10 heteroatoms. The first kappa shape index (κ1) is 25.5. The van der Waals surface area contributed by atoms with Gasteiger partial charge in [0.15, 0.2) is 6.61 Å². The van der Waals surface area contributed by atoms with Gasteiger partial charge >= 0.3 is 18.2 Å². The number of nitrogens with zero attached hydrogens (tertiary/aromatic N) is 3. The van der Waals surface area contributed by atoms with Gasteiger partial charge < -0.3 is 14.2 Å². The third-order valence-electron chi connectivity index (χ3n) is 3.26. The zero-order chi connectivity index (χ0) is 23.1. The first-order valence-electron chi connectivity index (χ1n) is 9.49. The first-order chi connectivity index (χ1) is 13.7. The SMILES string of the molecule is CCN(C(=O)OCC(=O)OC(C)(C)C)N(Cc1ccc(Cl)nc1)C(=O)OC(C)(C)C. The van der Waals surface area contributed by atoms with Crippen LogP contribution in [0.2, 0.25) is 5.15 Å². The largest absolute Gasteiger partial charge is 0.457 e. The number of ether oxygens (including phenoxy) is 3. The predicted molar refractivity (Wildman–Crippen MR) is 111 cm³/mol. The molecule has 1 aromatic rings. The van der Waals surface area contributed by atoms with E-state index >= 15 is 0 Å². The van der Waals surface area contributed by atoms with E-state index in [1.165, 1.54) is 6.20 Å². The standard InChI is InChI=1S/C20H30ClN3O6/c1-8-23(17(26)28-13-16(25)29-19(2,3)4)24(18(27)30-20(5,6)7)12-14-9-10-15(21)22-11-14/h9-11H,8,12-13H2,1-7H3. The molecular formula is C20H30ClN3O6. The molecule has 0 bridgehead atoms. The van der Waals surface area contributed by atoms with Crippen LogP contribution in [0, 0.1) is 0 Å². The predicted octanol–water partition coefficient (Wildman–Crippen LogP) is 4.19. The number of pyridine rings is 1. The summed E-state index contributed by atoms with van der Waals surface area (Å²) in [5.41, 5.74) is -0.880. The summed E-state index contributed by atoms with van der Waals surface area (Å²) in [6.07, 6.45) is -0.163. The van der Waals surface area contributed by atoms with Gasteiger partial charge in [0, 0.05) is 12.7 Å². The summed E-state index contributed by atoms with van der Waals surface area (Å²) in [6, 6.07) is 3.24. The van der Waals surface area contributed by atoms with Crippen LogP contribution >= 0.6 is 11.6 Å². The maximum Gasteiger partial charge on any atom is 0.429 e. The smallest absolute Gasteiger partial charge is 0.429 e. The molecule has 0 aliphatic rings. The lowest BCUT2D eigenvalue weighted by molar-refractivity contribution is -0.159. The molecule has 0 atom stereocenters. The molecule has 30 heavy (non-hydrogen) atoms. The summed E-state index contributed by atoms with van der Waals surface area (Å²) >= 11 is 5.81. The Hall–Kier alpha value is -2.55. The van der Waals surface area contributed by atoms with Gasteiger partial charge in [0.2, 0.25) is 0 Å². The number of carbonyl (C=O) groups is 3. The van der Waals surface area contributed by atoms with Gasteiger partial charge in [-0.1, -0.05) is 17.7 Å². The Morgan fingerprint density at radius 1 is 0.967 bits per heavy atom. The Morgan fingerprint density at radius 2 is 1.57 bits per heavy atom. The maximum absolute atomic E-state index is 12.8. The second kappa shape index (κ2) is 10.5. The van der Waals surface area contributed by atoms with E-state index in [0.29, 0.717) is 10.7 Å². The van der Waals surface area contributed by atoms with Crippen LogP contribution in [0.3, 0.4) is 0 Å². The normalized spacial score (nSPS) is 11.5. The van der Waals surface area contributed by atoms with Crippen molar-refractivity contribution in [1.82, 2.24) is 15.0 Å². The Bertz CT molecular complexity index is 740. The van der Waals surface area contributed by atoms with Crippen LogP contribution in [0.4, 0.5) is 9.59 Å². The average Bonchev–Trinajstić information content (AvgIpc) is 2.58. The fraction of sp³-hybridized carbons (Fsp3) is 0.600. The van der Waals surface area contributed by atoms with Gasteiger partial charge in [-0.2, -0.15) is 0 Å². The summed E-state index contributed by atoms with van der Waals surface area (Å²) < 4.78 is 15.6.